The maximum Gasteiger partial charge on any atom is 0.228 e. The summed E-state index contributed by atoms with van der Waals surface area (Å²) in [5.41, 5.74) is 5.43. The lowest BCUT2D eigenvalue weighted by Gasteiger charge is -2.35. The summed E-state index contributed by atoms with van der Waals surface area (Å²) in [6.07, 6.45) is 0.254. The van der Waals surface area contributed by atoms with Crippen LogP contribution in [0.25, 0.3) is 21.9 Å². The molecule has 38 heavy (non-hydrogen) atoms. The maximum atomic E-state index is 13.2. The van der Waals surface area contributed by atoms with Gasteiger partial charge in [0, 0.05) is 37.4 Å². The number of nitrogens with zero attached hydrogens (tertiary/aromatic N) is 2. The van der Waals surface area contributed by atoms with Crippen LogP contribution in [0.1, 0.15) is 22.8 Å². The quantitative estimate of drug-likeness (QED) is 0.328. The summed E-state index contributed by atoms with van der Waals surface area (Å²) >= 11 is 0. The van der Waals surface area contributed by atoms with E-state index in [1.165, 1.54) is 0 Å². The first kappa shape index (κ1) is 25.5. The summed E-state index contributed by atoms with van der Waals surface area (Å²) in [6, 6.07) is 25.7. The van der Waals surface area contributed by atoms with Gasteiger partial charge in [-0.05, 0) is 65.7 Å². The third-order valence-corrected chi connectivity index (χ3v) is 7.25. The first-order valence-electron chi connectivity index (χ1n) is 13.0. The topological polar surface area (TPSA) is 61.9 Å². The SMILES string of the molecule is COc1ccc(NC(=O)Cc2ccc(-c3cccc(C(C)=O)c3)c3ccccc23)cc1N1CCN(C)CC1. The number of carbonyl (C=O) groups excluding carboxylic acids is 2. The lowest BCUT2D eigenvalue weighted by Crippen LogP contribution is -2.44. The van der Waals surface area contributed by atoms with Gasteiger partial charge in [-0.15, -0.1) is 0 Å². The van der Waals surface area contributed by atoms with Crippen molar-refractivity contribution in [2.24, 2.45) is 0 Å². The average Bonchev–Trinajstić information content (AvgIpc) is 2.93. The molecule has 0 unspecified atom stereocenters. The Bertz CT molecular complexity index is 1490. The number of anilines is 2. The standard InChI is InChI=1S/C32H33N3O3/c1-22(36)23-7-6-8-24(19-23)28-13-11-25(27-9-4-5-10-29(27)28)20-32(37)33-26-12-14-31(38-3)30(21-26)35-17-15-34(2)16-18-35/h4-14,19,21H,15-18,20H2,1-3H3,(H,33,37). The van der Waals surface area contributed by atoms with Gasteiger partial charge in [-0.3, -0.25) is 9.59 Å². The minimum absolute atomic E-state index is 0.0405. The second-order valence-electron chi connectivity index (χ2n) is 9.86. The lowest BCUT2D eigenvalue weighted by atomic mass is 9.93. The number of Topliss-reactive ketones (excluding diaryl/α,β-unsaturated/α-hetero) is 1. The van der Waals surface area contributed by atoms with Gasteiger partial charge in [0.15, 0.2) is 5.78 Å². The van der Waals surface area contributed by atoms with Gasteiger partial charge in [-0.25, -0.2) is 0 Å². The van der Waals surface area contributed by atoms with Crippen molar-refractivity contribution in [2.45, 2.75) is 13.3 Å². The Morgan fingerprint density at radius 1 is 0.868 bits per heavy atom. The number of piperazine rings is 1. The van der Waals surface area contributed by atoms with E-state index in [9.17, 15) is 9.59 Å². The van der Waals surface area contributed by atoms with E-state index in [0.717, 1.165) is 70.8 Å². The van der Waals surface area contributed by atoms with E-state index in [-0.39, 0.29) is 18.1 Å². The molecule has 1 fully saturated rings. The number of amides is 1. The minimum Gasteiger partial charge on any atom is -0.495 e. The molecule has 1 N–H and O–H groups in total. The van der Waals surface area contributed by atoms with Crippen molar-refractivity contribution in [1.29, 1.82) is 0 Å². The van der Waals surface area contributed by atoms with Crippen LogP contribution in [0.3, 0.4) is 0 Å². The third-order valence-electron chi connectivity index (χ3n) is 7.25. The summed E-state index contributed by atoms with van der Waals surface area (Å²) in [6.45, 7) is 5.38. The molecule has 1 amide bonds. The third kappa shape index (κ3) is 5.41. The van der Waals surface area contributed by atoms with Crippen LogP contribution in [-0.2, 0) is 11.2 Å². The first-order chi connectivity index (χ1) is 18.4. The second-order valence-corrected chi connectivity index (χ2v) is 9.86. The molecule has 1 heterocycles. The molecule has 0 bridgehead atoms. The van der Waals surface area contributed by atoms with Crippen LogP contribution >= 0.6 is 0 Å². The molecule has 0 aliphatic carbocycles. The molecule has 6 nitrogen and oxygen atoms in total. The van der Waals surface area contributed by atoms with Gasteiger partial charge in [0.1, 0.15) is 5.75 Å². The molecular weight excluding hydrogens is 474 g/mol. The average molecular weight is 508 g/mol. The number of benzene rings is 4. The molecule has 4 aromatic carbocycles. The minimum atomic E-state index is -0.0732. The monoisotopic (exact) mass is 507 g/mol. The van der Waals surface area contributed by atoms with Gasteiger partial charge in [0.2, 0.25) is 5.91 Å². The van der Waals surface area contributed by atoms with Gasteiger partial charge in [0.25, 0.3) is 0 Å². The largest absolute Gasteiger partial charge is 0.495 e. The molecular formula is C32H33N3O3. The fourth-order valence-electron chi connectivity index (χ4n) is 5.11. The highest BCUT2D eigenvalue weighted by molar-refractivity contribution is 6.03. The molecule has 5 rings (SSSR count). The smallest absolute Gasteiger partial charge is 0.228 e. The van der Waals surface area contributed by atoms with E-state index in [2.05, 4.69) is 34.3 Å². The highest BCUT2D eigenvalue weighted by atomic mass is 16.5. The van der Waals surface area contributed by atoms with Crippen molar-refractivity contribution in [3.8, 4) is 16.9 Å². The normalized spacial score (nSPS) is 13.9. The van der Waals surface area contributed by atoms with Crippen molar-refractivity contribution in [2.75, 3.05) is 50.6 Å². The second kappa shape index (κ2) is 11.1. The van der Waals surface area contributed by atoms with Crippen LogP contribution < -0.4 is 15.0 Å². The number of likely N-dealkylation sites (N-methyl/N-ethyl adjacent to an activating group) is 1. The van der Waals surface area contributed by atoms with Crippen LogP contribution in [0.4, 0.5) is 11.4 Å². The number of ketones is 1. The van der Waals surface area contributed by atoms with Gasteiger partial charge in [0.05, 0.1) is 19.2 Å². The van der Waals surface area contributed by atoms with Crippen LogP contribution in [0.15, 0.2) is 78.9 Å². The number of hydrogen-bond donors (Lipinski definition) is 1. The lowest BCUT2D eigenvalue weighted by molar-refractivity contribution is -0.115. The number of nitrogens with one attached hydrogen (secondary N) is 1. The van der Waals surface area contributed by atoms with Crippen molar-refractivity contribution in [3.63, 3.8) is 0 Å². The molecule has 0 aromatic heterocycles. The van der Waals surface area contributed by atoms with Crippen molar-refractivity contribution >= 4 is 33.8 Å². The molecule has 194 valence electrons. The van der Waals surface area contributed by atoms with Crippen LogP contribution in [0, 0.1) is 0 Å². The van der Waals surface area contributed by atoms with Gasteiger partial charge in [-0.1, -0.05) is 54.6 Å². The van der Waals surface area contributed by atoms with E-state index in [4.69, 9.17) is 4.74 Å². The van der Waals surface area contributed by atoms with E-state index in [1.54, 1.807) is 14.0 Å². The van der Waals surface area contributed by atoms with Crippen molar-refractivity contribution in [1.82, 2.24) is 4.90 Å². The Morgan fingerprint density at radius 2 is 1.63 bits per heavy atom. The van der Waals surface area contributed by atoms with E-state index >= 15 is 0 Å². The summed E-state index contributed by atoms with van der Waals surface area (Å²) in [7, 11) is 3.81. The molecule has 0 atom stereocenters. The Morgan fingerprint density at radius 3 is 2.37 bits per heavy atom. The summed E-state index contributed by atoms with van der Waals surface area (Å²) in [4.78, 5) is 29.7. The zero-order valence-electron chi connectivity index (χ0n) is 22.2. The van der Waals surface area contributed by atoms with Crippen LogP contribution in [0.5, 0.6) is 5.75 Å². The molecule has 4 aromatic rings. The summed E-state index contributed by atoms with van der Waals surface area (Å²) < 4.78 is 5.61. The first-order valence-corrected chi connectivity index (χ1v) is 13.0. The number of ether oxygens (including phenoxy) is 1. The molecule has 0 spiro atoms. The fourth-order valence-corrected chi connectivity index (χ4v) is 5.11. The summed E-state index contributed by atoms with van der Waals surface area (Å²) in [5.74, 6) is 0.776. The Kier molecular flexibility index (Phi) is 7.43. The van der Waals surface area contributed by atoms with Crippen molar-refractivity contribution < 1.29 is 14.3 Å². The number of carbonyl (C=O) groups is 2. The Balaban J connectivity index is 1.39. The molecule has 1 aliphatic rings. The van der Waals surface area contributed by atoms with E-state index in [1.807, 2.05) is 66.7 Å². The summed E-state index contributed by atoms with van der Waals surface area (Å²) in [5, 5.41) is 5.18. The number of hydrogen-bond acceptors (Lipinski definition) is 5. The fraction of sp³-hybridized carbons (Fsp3) is 0.250. The molecule has 0 radical (unpaired) electrons. The predicted molar refractivity (Wildman–Crippen MR) is 154 cm³/mol. The van der Waals surface area contributed by atoms with Gasteiger partial charge in [-0.2, -0.15) is 0 Å². The number of fused-ring (bicyclic) bond motifs is 1. The highest BCUT2D eigenvalue weighted by Crippen LogP contribution is 2.34. The predicted octanol–water partition coefficient (Wildman–Crippen LogP) is 5.65. The number of methoxy groups -OCH3 is 1. The van der Waals surface area contributed by atoms with Gasteiger partial charge < -0.3 is 19.9 Å². The molecule has 6 heteroatoms. The maximum absolute atomic E-state index is 13.2. The zero-order valence-corrected chi connectivity index (χ0v) is 22.2. The van der Waals surface area contributed by atoms with Crippen LogP contribution in [0.2, 0.25) is 0 Å². The Hall–Kier alpha value is -4.16. The van der Waals surface area contributed by atoms with E-state index in [0.29, 0.717) is 5.56 Å². The zero-order chi connectivity index (χ0) is 26.6. The molecule has 1 aliphatic heterocycles. The molecule has 1 saturated heterocycles. The Labute approximate surface area is 223 Å². The van der Waals surface area contributed by atoms with Crippen LogP contribution in [-0.4, -0.2) is 56.9 Å². The van der Waals surface area contributed by atoms with E-state index < -0.39 is 0 Å². The molecule has 0 saturated carbocycles. The van der Waals surface area contributed by atoms with Crippen molar-refractivity contribution in [3.05, 3.63) is 90.0 Å². The number of rotatable bonds is 7. The highest BCUT2D eigenvalue weighted by Gasteiger charge is 2.19. The van der Waals surface area contributed by atoms with Gasteiger partial charge >= 0.3 is 0 Å².